The van der Waals surface area contributed by atoms with Crippen LogP contribution in [0.5, 0.6) is 0 Å². The van der Waals surface area contributed by atoms with Crippen molar-refractivity contribution in [2.75, 3.05) is 6.54 Å². The molecule has 1 aromatic rings. The summed E-state index contributed by atoms with van der Waals surface area (Å²) in [4.78, 5) is 0. The van der Waals surface area contributed by atoms with Crippen molar-refractivity contribution in [3.05, 3.63) is 35.4 Å². The molecule has 0 heterocycles. The van der Waals surface area contributed by atoms with Crippen LogP contribution in [-0.4, -0.2) is 21.0 Å². The quantitative estimate of drug-likeness (QED) is 0.793. The van der Waals surface area contributed by atoms with E-state index < -0.39 is 10.0 Å². The molecule has 1 unspecified atom stereocenters. The van der Waals surface area contributed by atoms with Crippen LogP contribution in [0.3, 0.4) is 0 Å². The first-order valence-electron chi connectivity index (χ1n) is 5.69. The Hall–Kier alpha value is -1.42. The van der Waals surface area contributed by atoms with Gasteiger partial charge in [-0.25, -0.2) is 13.1 Å². The zero-order chi connectivity index (χ0) is 13.6. The molecule has 6 heteroatoms. The lowest BCUT2D eigenvalue weighted by Crippen LogP contribution is -2.37. The molecule has 0 aliphatic rings. The fourth-order valence-corrected chi connectivity index (χ4v) is 2.57. The van der Waals surface area contributed by atoms with E-state index in [0.29, 0.717) is 17.5 Å². The second-order valence-electron chi connectivity index (χ2n) is 4.09. The van der Waals surface area contributed by atoms with Crippen molar-refractivity contribution in [3.63, 3.8) is 0 Å². The average molecular weight is 267 g/mol. The minimum Gasteiger partial charge on any atom is -0.327 e. The standard InChI is InChI=1S/C12H17N3O2S/c1-2-12(14)8-15-18(16,17)9-11-5-3-4-10(6-11)7-13/h3-6,12,15H,2,8-9,14H2,1H3. The lowest BCUT2D eigenvalue weighted by Gasteiger charge is -2.11. The molecule has 0 saturated heterocycles. The predicted octanol–water partition coefficient (Wildman–Crippen LogP) is 0.715. The van der Waals surface area contributed by atoms with Crippen molar-refractivity contribution in [2.24, 2.45) is 5.73 Å². The highest BCUT2D eigenvalue weighted by atomic mass is 32.2. The third kappa shape index (κ3) is 4.84. The molecule has 98 valence electrons. The predicted molar refractivity (Wildman–Crippen MR) is 70.0 cm³/mol. The number of nitriles is 1. The van der Waals surface area contributed by atoms with Gasteiger partial charge in [0.2, 0.25) is 10.0 Å². The Morgan fingerprint density at radius 1 is 1.50 bits per heavy atom. The van der Waals surface area contributed by atoms with Crippen LogP contribution in [0, 0.1) is 11.3 Å². The molecule has 0 spiro atoms. The largest absolute Gasteiger partial charge is 0.327 e. The molecule has 1 aromatic carbocycles. The lowest BCUT2D eigenvalue weighted by atomic mass is 10.2. The molecule has 3 N–H and O–H groups in total. The molecular weight excluding hydrogens is 250 g/mol. The summed E-state index contributed by atoms with van der Waals surface area (Å²) in [6.07, 6.45) is 0.715. The number of nitrogens with one attached hydrogen (secondary N) is 1. The highest BCUT2D eigenvalue weighted by Gasteiger charge is 2.12. The van der Waals surface area contributed by atoms with Crippen molar-refractivity contribution < 1.29 is 8.42 Å². The molecule has 0 bridgehead atoms. The summed E-state index contributed by atoms with van der Waals surface area (Å²) < 4.78 is 26.0. The fraction of sp³-hybridized carbons (Fsp3) is 0.417. The molecule has 0 aliphatic carbocycles. The summed E-state index contributed by atoms with van der Waals surface area (Å²) >= 11 is 0. The van der Waals surface area contributed by atoms with E-state index >= 15 is 0 Å². The highest BCUT2D eigenvalue weighted by Crippen LogP contribution is 2.07. The molecule has 0 saturated carbocycles. The van der Waals surface area contributed by atoms with E-state index in [4.69, 9.17) is 11.0 Å². The summed E-state index contributed by atoms with van der Waals surface area (Å²) in [7, 11) is -3.40. The summed E-state index contributed by atoms with van der Waals surface area (Å²) in [6.45, 7) is 2.13. The van der Waals surface area contributed by atoms with Gasteiger partial charge in [-0.1, -0.05) is 19.1 Å². The lowest BCUT2D eigenvalue weighted by molar-refractivity contribution is 0.563. The number of hydrogen-bond donors (Lipinski definition) is 2. The zero-order valence-corrected chi connectivity index (χ0v) is 11.1. The minimum atomic E-state index is -3.40. The van der Waals surface area contributed by atoms with Gasteiger partial charge in [0.05, 0.1) is 17.4 Å². The van der Waals surface area contributed by atoms with Crippen LogP contribution >= 0.6 is 0 Å². The second kappa shape index (κ2) is 6.50. The van der Waals surface area contributed by atoms with Crippen molar-refractivity contribution >= 4 is 10.0 Å². The fourth-order valence-electron chi connectivity index (χ4n) is 1.38. The van der Waals surface area contributed by atoms with Gasteiger partial charge in [-0.05, 0) is 24.1 Å². The Balaban J connectivity index is 2.68. The summed E-state index contributed by atoms with van der Waals surface area (Å²) in [5.41, 5.74) is 6.69. The van der Waals surface area contributed by atoms with E-state index in [1.807, 2.05) is 13.0 Å². The van der Waals surface area contributed by atoms with Crippen LogP contribution in [0.1, 0.15) is 24.5 Å². The molecular formula is C12H17N3O2S. The number of rotatable bonds is 6. The van der Waals surface area contributed by atoms with Crippen LogP contribution in [0.25, 0.3) is 0 Å². The van der Waals surface area contributed by atoms with Crippen molar-refractivity contribution in [3.8, 4) is 6.07 Å². The Morgan fingerprint density at radius 2 is 2.22 bits per heavy atom. The summed E-state index contributed by atoms with van der Waals surface area (Å²) in [5.74, 6) is -0.140. The molecule has 18 heavy (non-hydrogen) atoms. The third-order valence-electron chi connectivity index (χ3n) is 2.50. The van der Waals surface area contributed by atoms with Gasteiger partial charge in [0.15, 0.2) is 0 Å². The van der Waals surface area contributed by atoms with Crippen molar-refractivity contribution in [1.82, 2.24) is 4.72 Å². The first-order chi connectivity index (χ1) is 8.46. The van der Waals surface area contributed by atoms with Gasteiger partial charge in [0, 0.05) is 12.6 Å². The van der Waals surface area contributed by atoms with E-state index in [-0.39, 0.29) is 18.3 Å². The van der Waals surface area contributed by atoms with Gasteiger partial charge in [-0.3, -0.25) is 0 Å². The van der Waals surface area contributed by atoms with Gasteiger partial charge in [-0.2, -0.15) is 5.26 Å². The van der Waals surface area contributed by atoms with Crippen LogP contribution in [0.2, 0.25) is 0 Å². The number of sulfonamides is 1. The monoisotopic (exact) mass is 267 g/mol. The molecule has 0 aliphatic heterocycles. The van der Waals surface area contributed by atoms with Crippen LogP contribution in [-0.2, 0) is 15.8 Å². The van der Waals surface area contributed by atoms with Gasteiger partial charge < -0.3 is 5.73 Å². The highest BCUT2D eigenvalue weighted by molar-refractivity contribution is 7.88. The summed E-state index contributed by atoms with van der Waals surface area (Å²) in [6, 6.07) is 8.35. The topological polar surface area (TPSA) is 96.0 Å². The molecule has 1 atom stereocenters. The normalized spacial score (nSPS) is 12.9. The maximum atomic E-state index is 11.8. The SMILES string of the molecule is CCC(N)CNS(=O)(=O)Cc1cccc(C#N)c1. The maximum absolute atomic E-state index is 11.8. The van der Waals surface area contributed by atoms with Crippen LogP contribution in [0.15, 0.2) is 24.3 Å². The van der Waals surface area contributed by atoms with E-state index in [9.17, 15) is 8.42 Å². The summed E-state index contributed by atoms with van der Waals surface area (Å²) in [5, 5.41) is 8.74. The molecule has 0 amide bonds. The number of benzene rings is 1. The molecule has 0 aromatic heterocycles. The zero-order valence-electron chi connectivity index (χ0n) is 10.3. The molecule has 5 nitrogen and oxygen atoms in total. The Kier molecular flexibility index (Phi) is 5.28. The number of nitrogens with zero attached hydrogens (tertiary/aromatic N) is 1. The van der Waals surface area contributed by atoms with Crippen LogP contribution in [0.4, 0.5) is 0 Å². The van der Waals surface area contributed by atoms with Crippen LogP contribution < -0.4 is 10.5 Å². The van der Waals surface area contributed by atoms with Gasteiger partial charge >= 0.3 is 0 Å². The second-order valence-corrected chi connectivity index (χ2v) is 5.89. The molecule has 0 radical (unpaired) electrons. The van der Waals surface area contributed by atoms with Gasteiger partial charge in [-0.15, -0.1) is 0 Å². The van der Waals surface area contributed by atoms with E-state index in [1.54, 1.807) is 24.3 Å². The Morgan fingerprint density at radius 3 is 2.83 bits per heavy atom. The molecule has 0 fully saturated rings. The average Bonchev–Trinajstić information content (AvgIpc) is 2.35. The number of nitrogens with two attached hydrogens (primary N) is 1. The van der Waals surface area contributed by atoms with Crippen molar-refractivity contribution in [1.29, 1.82) is 5.26 Å². The minimum absolute atomic E-state index is 0.140. The van der Waals surface area contributed by atoms with Gasteiger partial charge in [0.25, 0.3) is 0 Å². The third-order valence-corrected chi connectivity index (χ3v) is 3.82. The van der Waals surface area contributed by atoms with Crippen molar-refractivity contribution in [2.45, 2.75) is 25.1 Å². The van der Waals surface area contributed by atoms with Gasteiger partial charge in [0.1, 0.15) is 0 Å². The van der Waals surface area contributed by atoms with E-state index in [2.05, 4.69) is 4.72 Å². The maximum Gasteiger partial charge on any atom is 0.215 e. The van der Waals surface area contributed by atoms with E-state index in [0.717, 1.165) is 0 Å². The smallest absolute Gasteiger partial charge is 0.215 e. The Bertz CT molecular complexity index is 534. The Labute approximate surface area is 108 Å². The molecule has 1 rings (SSSR count). The van der Waals surface area contributed by atoms with E-state index in [1.165, 1.54) is 0 Å². The number of hydrogen-bond acceptors (Lipinski definition) is 4. The first-order valence-corrected chi connectivity index (χ1v) is 7.34. The first kappa shape index (κ1) is 14.6.